The van der Waals surface area contributed by atoms with Gasteiger partial charge < -0.3 is 15.4 Å². The van der Waals surface area contributed by atoms with Crippen LogP contribution < -0.4 is 10.6 Å². The second kappa shape index (κ2) is 10.4. The van der Waals surface area contributed by atoms with Gasteiger partial charge in [-0.3, -0.25) is 14.4 Å². The van der Waals surface area contributed by atoms with Crippen LogP contribution in [0.2, 0.25) is 0 Å². The fourth-order valence-corrected chi connectivity index (χ4v) is 3.17. The molecule has 0 atom stereocenters. The van der Waals surface area contributed by atoms with Crippen molar-refractivity contribution in [3.63, 3.8) is 0 Å². The Balaban J connectivity index is 1.57. The van der Waals surface area contributed by atoms with Gasteiger partial charge in [0.25, 0.3) is 11.8 Å². The maximum atomic E-state index is 12.4. The van der Waals surface area contributed by atoms with Gasteiger partial charge in [-0.1, -0.05) is 68.4 Å². The minimum Gasteiger partial charge on any atom is -0.455 e. The van der Waals surface area contributed by atoms with Crippen molar-refractivity contribution in [2.45, 2.75) is 20.3 Å². The summed E-state index contributed by atoms with van der Waals surface area (Å²) in [6.07, 6.45) is 0.0723. The predicted octanol–water partition coefficient (Wildman–Crippen LogP) is 3.95. The number of carbonyl (C=O) groups excluding carboxylic acids is 3. The zero-order valence-corrected chi connectivity index (χ0v) is 17.7. The van der Waals surface area contributed by atoms with Crippen molar-refractivity contribution in [1.82, 2.24) is 5.32 Å². The number of ether oxygens (including phenoxy) is 1. The molecule has 6 nitrogen and oxygen atoms in total. The molecule has 2 amide bonds. The van der Waals surface area contributed by atoms with Gasteiger partial charge in [-0.2, -0.15) is 0 Å². The Morgan fingerprint density at radius 2 is 1.61 bits per heavy atom. The maximum Gasteiger partial charge on any atom is 0.310 e. The zero-order chi connectivity index (χ0) is 22.2. The van der Waals surface area contributed by atoms with Gasteiger partial charge in [0.2, 0.25) is 0 Å². The number of fused-ring (bicyclic) bond motifs is 1. The lowest BCUT2D eigenvalue weighted by Gasteiger charge is -2.13. The highest BCUT2D eigenvalue weighted by Gasteiger charge is 2.15. The molecule has 31 heavy (non-hydrogen) atoms. The SMILES string of the molecule is CC(C)CNC(=O)c1ccccc1NC(=O)COC(=O)Cc1cccc2ccccc12. The van der Waals surface area contributed by atoms with Gasteiger partial charge in [-0.15, -0.1) is 0 Å². The molecule has 0 saturated heterocycles. The zero-order valence-electron chi connectivity index (χ0n) is 17.7. The first-order valence-corrected chi connectivity index (χ1v) is 10.2. The van der Waals surface area contributed by atoms with Crippen molar-refractivity contribution >= 4 is 34.2 Å². The monoisotopic (exact) mass is 418 g/mol. The van der Waals surface area contributed by atoms with Gasteiger partial charge in [-0.25, -0.2) is 0 Å². The number of carbonyl (C=O) groups is 3. The molecule has 0 spiro atoms. The number of benzene rings is 3. The van der Waals surface area contributed by atoms with Crippen LogP contribution in [0, 0.1) is 5.92 Å². The molecule has 0 aliphatic carbocycles. The Kier molecular flexibility index (Phi) is 7.38. The summed E-state index contributed by atoms with van der Waals surface area (Å²) in [4.78, 5) is 37.0. The van der Waals surface area contributed by atoms with E-state index in [1.54, 1.807) is 24.3 Å². The molecule has 3 rings (SSSR count). The molecular formula is C25H26N2O4. The van der Waals surface area contributed by atoms with E-state index >= 15 is 0 Å². The molecular weight excluding hydrogens is 392 g/mol. The fraction of sp³-hybridized carbons (Fsp3) is 0.240. The van der Waals surface area contributed by atoms with Crippen molar-refractivity contribution in [2.75, 3.05) is 18.5 Å². The standard InChI is InChI=1S/C25H26N2O4/c1-17(2)15-26-25(30)21-12-5-6-13-22(21)27-23(28)16-31-24(29)14-19-10-7-9-18-8-3-4-11-20(18)19/h3-13,17H,14-16H2,1-2H3,(H,26,30)(H,27,28). The molecule has 0 unspecified atom stereocenters. The second-order valence-electron chi connectivity index (χ2n) is 7.67. The first-order valence-electron chi connectivity index (χ1n) is 10.2. The Labute approximate surface area is 181 Å². The molecule has 0 saturated carbocycles. The molecule has 0 aliphatic heterocycles. The van der Waals surface area contributed by atoms with Gasteiger partial charge in [-0.05, 0) is 34.4 Å². The van der Waals surface area contributed by atoms with E-state index in [4.69, 9.17) is 4.74 Å². The van der Waals surface area contributed by atoms with Crippen LogP contribution in [-0.2, 0) is 20.7 Å². The highest BCUT2D eigenvalue weighted by molar-refractivity contribution is 6.04. The van der Waals surface area contributed by atoms with Crippen molar-refractivity contribution in [1.29, 1.82) is 0 Å². The molecule has 0 aromatic heterocycles. The van der Waals surface area contributed by atoms with E-state index in [0.29, 0.717) is 23.7 Å². The normalized spacial score (nSPS) is 10.7. The Morgan fingerprint density at radius 3 is 2.42 bits per heavy atom. The highest BCUT2D eigenvalue weighted by Crippen LogP contribution is 2.19. The average Bonchev–Trinajstić information content (AvgIpc) is 2.77. The van der Waals surface area contributed by atoms with Gasteiger partial charge in [0.05, 0.1) is 17.7 Å². The molecule has 0 heterocycles. The summed E-state index contributed by atoms with van der Waals surface area (Å²) in [5.74, 6) is -0.950. The molecule has 3 aromatic rings. The fourth-order valence-electron chi connectivity index (χ4n) is 3.17. The summed E-state index contributed by atoms with van der Waals surface area (Å²) in [6, 6.07) is 20.2. The van der Waals surface area contributed by atoms with Crippen molar-refractivity contribution < 1.29 is 19.1 Å². The molecule has 0 bridgehead atoms. The predicted molar refractivity (Wildman–Crippen MR) is 121 cm³/mol. The summed E-state index contributed by atoms with van der Waals surface area (Å²) >= 11 is 0. The molecule has 2 N–H and O–H groups in total. The first kappa shape index (κ1) is 22.0. The number of nitrogens with one attached hydrogen (secondary N) is 2. The number of amides is 2. The van der Waals surface area contributed by atoms with Crippen molar-refractivity contribution in [3.05, 3.63) is 77.9 Å². The Hall–Kier alpha value is -3.67. The molecule has 0 aliphatic rings. The number of para-hydroxylation sites is 1. The lowest BCUT2D eigenvalue weighted by Crippen LogP contribution is -2.29. The van der Waals surface area contributed by atoms with Gasteiger partial charge in [0, 0.05) is 6.54 Å². The summed E-state index contributed by atoms with van der Waals surface area (Å²) in [5, 5.41) is 7.50. The third-order valence-electron chi connectivity index (χ3n) is 4.70. The number of hydrogen-bond donors (Lipinski definition) is 2. The summed E-state index contributed by atoms with van der Waals surface area (Å²) in [5.41, 5.74) is 1.58. The van der Waals surface area contributed by atoms with E-state index in [0.717, 1.165) is 16.3 Å². The highest BCUT2D eigenvalue weighted by atomic mass is 16.5. The van der Waals surface area contributed by atoms with Crippen LogP contribution in [0.15, 0.2) is 66.7 Å². The molecule has 3 aromatic carbocycles. The van der Waals surface area contributed by atoms with E-state index in [2.05, 4.69) is 10.6 Å². The third-order valence-corrected chi connectivity index (χ3v) is 4.70. The maximum absolute atomic E-state index is 12.4. The lowest BCUT2D eigenvalue weighted by atomic mass is 10.0. The topological polar surface area (TPSA) is 84.5 Å². The molecule has 0 radical (unpaired) electrons. The van der Waals surface area contributed by atoms with E-state index in [-0.39, 0.29) is 12.3 Å². The summed E-state index contributed by atoms with van der Waals surface area (Å²) in [6.45, 7) is 4.11. The van der Waals surface area contributed by atoms with Crippen LogP contribution >= 0.6 is 0 Å². The average molecular weight is 418 g/mol. The minimum atomic E-state index is -0.504. The Bertz CT molecular complexity index is 1090. The molecule has 6 heteroatoms. The number of hydrogen-bond acceptors (Lipinski definition) is 4. The van der Waals surface area contributed by atoms with Crippen molar-refractivity contribution in [3.8, 4) is 0 Å². The van der Waals surface area contributed by atoms with Crippen LogP contribution in [0.4, 0.5) is 5.69 Å². The van der Waals surface area contributed by atoms with Crippen LogP contribution in [0.25, 0.3) is 10.8 Å². The van der Waals surface area contributed by atoms with Gasteiger partial charge in [0.15, 0.2) is 6.61 Å². The van der Waals surface area contributed by atoms with Crippen LogP contribution in [-0.4, -0.2) is 30.9 Å². The minimum absolute atomic E-state index is 0.0723. The summed E-state index contributed by atoms with van der Waals surface area (Å²) < 4.78 is 5.16. The lowest BCUT2D eigenvalue weighted by molar-refractivity contribution is -0.146. The molecule has 160 valence electrons. The van der Waals surface area contributed by atoms with Gasteiger partial charge in [0.1, 0.15) is 0 Å². The number of anilines is 1. The van der Waals surface area contributed by atoms with E-state index in [1.165, 1.54) is 0 Å². The third kappa shape index (κ3) is 6.15. The van der Waals surface area contributed by atoms with E-state index < -0.39 is 18.5 Å². The van der Waals surface area contributed by atoms with Crippen LogP contribution in [0.5, 0.6) is 0 Å². The largest absolute Gasteiger partial charge is 0.455 e. The Morgan fingerprint density at radius 1 is 0.903 bits per heavy atom. The smallest absolute Gasteiger partial charge is 0.310 e. The van der Waals surface area contributed by atoms with Crippen LogP contribution in [0.1, 0.15) is 29.8 Å². The molecule has 0 fully saturated rings. The van der Waals surface area contributed by atoms with Crippen LogP contribution in [0.3, 0.4) is 0 Å². The van der Waals surface area contributed by atoms with Gasteiger partial charge >= 0.3 is 5.97 Å². The van der Waals surface area contributed by atoms with E-state index in [9.17, 15) is 14.4 Å². The number of esters is 1. The quantitative estimate of drug-likeness (QED) is 0.543. The van der Waals surface area contributed by atoms with Crippen molar-refractivity contribution in [2.24, 2.45) is 5.92 Å². The van der Waals surface area contributed by atoms with E-state index in [1.807, 2.05) is 56.3 Å². The number of rotatable bonds is 8. The summed E-state index contributed by atoms with van der Waals surface area (Å²) in [7, 11) is 0. The second-order valence-corrected chi connectivity index (χ2v) is 7.67. The first-order chi connectivity index (χ1) is 14.9.